The summed E-state index contributed by atoms with van der Waals surface area (Å²) in [5.74, 6) is 1.25. The van der Waals surface area contributed by atoms with Crippen molar-refractivity contribution in [3.63, 3.8) is 0 Å². The van der Waals surface area contributed by atoms with Gasteiger partial charge in [-0.05, 0) is 62.1 Å². The van der Waals surface area contributed by atoms with Crippen LogP contribution >= 0.6 is 0 Å². The van der Waals surface area contributed by atoms with Gasteiger partial charge in [-0.25, -0.2) is 5.43 Å². The molecule has 0 unspecified atom stereocenters. The van der Waals surface area contributed by atoms with Gasteiger partial charge in [-0.15, -0.1) is 0 Å². The summed E-state index contributed by atoms with van der Waals surface area (Å²) in [7, 11) is 1.65. The first-order chi connectivity index (χ1) is 12.1. The van der Waals surface area contributed by atoms with Crippen LogP contribution in [-0.4, -0.2) is 25.3 Å². The second kappa shape index (κ2) is 9.47. The van der Waals surface area contributed by atoms with E-state index >= 15 is 0 Å². The van der Waals surface area contributed by atoms with Crippen LogP contribution < -0.4 is 14.9 Å². The zero-order valence-electron chi connectivity index (χ0n) is 14.9. The van der Waals surface area contributed by atoms with Crippen molar-refractivity contribution in [1.29, 1.82) is 0 Å². The molecular weight excluding hydrogens is 316 g/mol. The Hall–Kier alpha value is -2.82. The number of aryl methyl sites for hydroxylation is 2. The number of carbonyl (C=O) groups excluding carboxylic acids is 1. The number of amides is 1. The molecule has 0 aromatic heterocycles. The summed E-state index contributed by atoms with van der Waals surface area (Å²) in [6.07, 6.45) is 1.63. The highest BCUT2D eigenvalue weighted by atomic mass is 16.5. The van der Waals surface area contributed by atoms with E-state index in [2.05, 4.69) is 10.5 Å². The fraction of sp³-hybridized carbons (Fsp3) is 0.300. The molecule has 5 nitrogen and oxygen atoms in total. The predicted octanol–water partition coefficient (Wildman–Crippen LogP) is 3.51. The summed E-state index contributed by atoms with van der Waals surface area (Å²) in [6, 6.07) is 15.5. The average molecular weight is 340 g/mol. The predicted molar refractivity (Wildman–Crippen MR) is 99.2 cm³/mol. The molecule has 2 rings (SSSR count). The molecule has 0 spiro atoms. The van der Waals surface area contributed by atoms with Gasteiger partial charge in [0.15, 0.2) is 6.61 Å². The first kappa shape index (κ1) is 18.5. The van der Waals surface area contributed by atoms with Gasteiger partial charge in [-0.2, -0.15) is 5.10 Å². The number of benzene rings is 2. The number of methoxy groups -OCH3 is 1. The summed E-state index contributed by atoms with van der Waals surface area (Å²) in [4.78, 5) is 11.8. The molecule has 132 valence electrons. The second-order valence-corrected chi connectivity index (χ2v) is 5.84. The zero-order valence-corrected chi connectivity index (χ0v) is 14.9. The first-order valence-electron chi connectivity index (χ1n) is 8.21. The van der Waals surface area contributed by atoms with Gasteiger partial charge in [0.25, 0.3) is 5.91 Å². The molecule has 0 saturated carbocycles. The fourth-order valence-corrected chi connectivity index (χ4v) is 2.22. The van der Waals surface area contributed by atoms with Gasteiger partial charge in [0.2, 0.25) is 0 Å². The lowest BCUT2D eigenvalue weighted by molar-refractivity contribution is -0.123. The van der Waals surface area contributed by atoms with E-state index in [9.17, 15) is 4.79 Å². The number of carbonyl (C=O) groups is 1. The summed E-state index contributed by atoms with van der Waals surface area (Å²) < 4.78 is 10.6. The van der Waals surface area contributed by atoms with E-state index in [1.165, 1.54) is 5.56 Å². The van der Waals surface area contributed by atoms with Crippen LogP contribution in [0.25, 0.3) is 0 Å². The molecule has 0 saturated heterocycles. The maximum atomic E-state index is 11.8. The van der Waals surface area contributed by atoms with Crippen molar-refractivity contribution < 1.29 is 14.3 Å². The Labute approximate surface area is 148 Å². The van der Waals surface area contributed by atoms with Gasteiger partial charge in [0.1, 0.15) is 11.5 Å². The Morgan fingerprint density at radius 3 is 2.56 bits per heavy atom. The van der Waals surface area contributed by atoms with E-state index in [0.29, 0.717) is 5.75 Å². The van der Waals surface area contributed by atoms with Crippen LogP contribution in [0, 0.1) is 6.92 Å². The van der Waals surface area contributed by atoms with Crippen LogP contribution in [0.1, 0.15) is 24.5 Å². The van der Waals surface area contributed by atoms with Crippen molar-refractivity contribution >= 4 is 11.6 Å². The van der Waals surface area contributed by atoms with Crippen molar-refractivity contribution in [3.8, 4) is 11.5 Å². The van der Waals surface area contributed by atoms with Gasteiger partial charge in [-0.3, -0.25) is 4.79 Å². The monoisotopic (exact) mass is 340 g/mol. The molecule has 2 aromatic rings. The van der Waals surface area contributed by atoms with Gasteiger partial charge in [0, 0.05) is 5.71 Å². The number of hydrogen-bond donors (Lipinski definition) is 1. The molecule has 0 aliphatic carbocycles. The minimum absolute atomic E-state index is 0.0568. The van der Waals surface area contributed by atoms with Gasteiger partial charge >= 0.3 is 0 Å². The molecule has 2 aromatic carbocycles. The Morgan fingerprint density at radius 1 is 1.12 bits per heavy atom. The van der Waals surface area contributed by atoms with E-state index < -0.39 is 0 Å². The van der Waals surface area contributed by atoms with Crippen molar-refractivity contribution in [3.05, 3.63) is 59.7 Å². The second-order valence-electron chi connectivity index (χ2n) is 5.84. The number of ether oxygens (including phenoxy) is 2. The largest absolute Gasteiger partial charge is 0.497 e. The van der Waals surface area contributed by atoms with Crippen LogP contribution in [0.5, 0.6) is 11.5 Å². The third kappa shape index (κ3) is 6.67. The highest BCUT2D eigenvalue weighted by Gasteiger charge is 2.03. The molecule has 25 heavy (non-hydrogen) atoms. The minimum Gasteiger partial charge on any atom is -0.497 e. The normalized spacial score (nSPS) is 11.1. The number of hydrogen-bond acceptors (Lipinski definition) is 4. The van der Waals surface area contributed by atoms with E-state index in [1.54, 1.807) is 7.11 Å². The molecule has 5 heteroatoms. The molecule has 0 bridgehead atoms. The summed E-state index contributed by atoms with van der Waals surface area (Å²) in [5.41, 5.74) is 5.67. The van der Waals surface area contributed by atoms with Crippen molar-refractivity contribution in [2.24, 2.45) is 5.10 Å². The summed E-state index contributed by atoms with van der Waals surface area (Å²) in [5, 5.41) is 4.12. The lowest BCUT2D eigenvalue weighted by Crippen LogP contribution is -2.25. The van der Waals surface area contributed by atoms with Crippen LogP contribution in [0.15, 0.2) is 53.6 Å². The SMILES string of the molecule is COc1ccc(CC/C(C)=N\NC(=O)COc2cccc(C)c2)cc1. The highest BCUT2D eigenvalue weighted by molar-refractivity contribution is 5.84. The molecule has 0 fully saturated rings. The fourth-order valence-electron chi connectivity index (χ4n) is 2.22. The Balaban J connectivity index is 1.72. The molecule has 0 radical (unpaired) electrons. The molecular formula is C20H24N2O3. The van der Waals surface area contributed by atoms with Crippen molar-refractivity contribution in [2.45, 2.75) is 26.7 Å². The Morgan fingerprint density at radius 2 is 1.88 bits per heavy atom. The van der Waals surface area contributed by atoms with Crippen LogP contribution in [0.3, 0.4) is 0 Å². The maximum Gasteiger partial charge on any atom is 0.277 e. The van der Waals surface area contributed by atoms with E-state index in [1.807, 2.05) is 62.4 Å². The van der Waals surface area contributed by atoms with Gasteiger partial charge in [-0.1, -0.05) is 24.3 Å². The summed E-state index contributed by atoms with van der Waals surface area (Å²) >= 11 is 0. The van der Waals surface area contributed by atoms with Crippen LogP contribution in [-0.2, 0) is 11.2 Å². The van der Waals surface area contributed by atoms with Crippen molar-refractivity contribution in [1.82, 2.24) is 5.43 Å². The standard InChI is InChI=1S/C20H24N2O3/c1-15-5-4-6-19(13-15)25-14-20(23)22-21-16(2)7-8-17-9-11-18(24-3)12-10-17/h4-6,9-13H,7-8,14H2,1-3H3,(H,22,23)/b21-16-. The Bertz CT molecular complexity index is 724. The quantitative estimate of drug-likeness (QED) is 0.591. The molecule has 0 heterocycles. The molecule has 1 N–H and O–H groups in total. The Kier molecular flexibility index (Phi) is 7.01. The zero-order chi connectivity index (χ0) is 18.1. The average Bonchev–Trinajstić information content (AvgIpc) is 2.63. The van der Waals surface area contributed by atoms with Crippen molar-refractivity contribution in [2.75, 3.05) is 13.7 Å². The summed E-state index contributed by atoms with van der Waals surface area (Å²) in [6.45, 7) is 3.81. The third-order valence-corrected chi connectivity index (χ3v) is 3.67. The number of nitrogens with one attached hydrogen (secondary N) is 1. The first-order valence-corrected chi connectivity index (χ1v) is 8.21. The molecule has 0 aliphatic rings. The number of rotatable bonds is 8. The van der Waals surface area contributed by atoms with Gasteiger partial charge < -0.3 is 9.47 Å². The van der Waals surface area contributed by atoms with Crippen LogP contribution in [0.2, 0.25) is 0 Å². The molecule has 0 atom stereocenters. The number of nitrogens with zero attached hydrogens (tertiary/aromatic N) is 1. The lowest BCUT2D eigenvalue weighted by Gasteiger charge is -2.07. The van der Waals surface area contributed by atoms with Gasteiger partial charge in [0.05, 0.1) is 7.11 Å². The van der Waals surface area contributed by atoms with E-state index in [4.69, 9.17) is 9.47 Å². The molecule has 1 amide bonds. The van der Waals surface area contributed by atoms with E-state index in [-0.39, 0.29) is 12.5 Å². The third-order valence-electron chi connectivity index (χ3n) is 3.67. The number of hydrazone groups is 1. The van der Waals surface area contributed by atoms with E-state index in [0.717, 1.165) is 29.9 Å². The molecule has 0 aliphatic heterocycles. The maximum absolute atomic E-state index is 11.8. The minimum atomic E-state index is -0.273. The lowest BCUT2D eigenvalue weighted by atomic mass is 10.1. The smallest absolute Gasteiger partial charge is 0.277 e. The highest BCUT2D eigenvalue weighted by Crippen LogP contribution is 2.13. The topological polar surface area (TPSA) is 59.9 Å². The van der Waals surface area contributed by atoms with Crippen LogP contribution in [0.4, 0.5) is 0 Å².